The van der Waals surface area contributed by atoms with Gasteiger partial charge < -0.3 is 10.6 Å². The first-order valence-electron chi connectivity index (χ1n) is 7.77. The Morgan fingerprint density at radius 1 is 0.962 bits per heavy atom. The average Bonchev–Trinajstić information content (AvgIpc) is 2.64. The Labute approximate surface area is 149 Å². The summed E-state index contributed by atoms with van der Waals surface area (Å²) in [6, 6.07) is 14.8. The SMILES string of the molecule is O=C(Cc1ccc([N+](=O)[O-])cc1)Nc1ccc(Nc2ncccn2)cc1. The van der Waals surface area contributed by atoms with Crippen molar-refractivity contribution < 1.29 is 9.72 Å². The van der Waals surface area contributed by atoms with Crippen molar-refractivity contribution in [1.82, 2.24) is 9.97 Å². The van der Waals surface area contributed by atoms with Crippen LogP contribution >= 0.6 is 0 Å². The maximum Gasteiger partial charge on any atom is 0.269 e. The van der Waals surface area contributed by atoms with Crippen molar-refractivity contribution in [3.05, 3.63) is 82.7 Å². The Kier molecular flexibility index (Phi) is 5.14. The second kappa shape index (κ2) is 7.84. The van der Waals surface area contributed by atoms with Gasteiger partial charge in [0.1, 0.15) is 0 Å². The molecule has 0 radical (unpaired) electrons. The van der Waals surface area contributed by atoms with E-state index in [9.17, 15) is 14.9 Å². The molecule has 130 valence electrons. The number of nitrogens with one attached hydrogen (secondary N) is 2. The third-order valence-corrected chi connectivity index (χ3v) is 3.50. The summed E-state index contributed by atoms with van der Waals surface area (Å²) in [7, 11) is 0. The summed E-state index contributed by atoms with van der Waals surface area (Å²) in [6.45, 7) is 0. The quantitative estimate of drug-likeness (QED) is 0.522. The molecular weight excluding hydrogens is 334 g/mol. The number of hydrogen-bond acceptors (Lipinski definition) is 6. The van der Waals surface area contributed by atoms with Gasteiger partial charge in [0.2, 0.25) is 11.9 Å². The molecule has 0 spiro atoms. The average molecular weight is 349 g/mol. The number of nitro groups is 1. The number of aromatic nitrogens is 2. The van der Waals surface area contributed by atoms with Gasteiger partial charge in [-0.3, -0.25) is 14.9 Å². The number of carbonyl (C=O) groups is 1. The minimum Gasteiger partial charge on any atom is -0.326 e. The van der Waals surface area contributed by atoms with Crippen LogP contribution in [0.1, 0.15) is 5.56 Å². The molecule has 8 heteroatoms. The normalized spacial score (nSPS) is 10.2. The topological polar surface area (TPSA) is 110 Å². The number of rotatable bonds is 6. The molecule has 8 nitrogen and oxygen atoms in total. The molecule has 0 saturated carbocycles. The highest BCUT2D eigenvalue weighted by molar-refractivity contribution is 5.92. The first-order valence-corrected chi connectivity index (χ1v) is 7.77. The van der Waals surface area contributed by atoms with Gasteiger partial charge in [-0.15, -0.1) is 0 Å². The van der Waals surface area contributed by atoms with E-state index in [1.54, 1.807) is 54.9 Å². The summed E-state index contributed by atoms with van der Waals surface area (Å²) in [5.41, 5.74) is 2.15. The highest BCUT2D eigenvalue weighted by Gasteiger charge is 2.08. The van der Waals surface area contributed by atoms with Crippen molar-refractivity contribution in [3.8, 4) is 0 Å². The van der Waals surface area contributed by atoms with E-state index in [1.807, 2.05) is 0 Å². The molecular formula is C18H15N5O3. The second-order valence-corrected chi connectivity index (χ2v) is 5.42. The van der Waals surface area contributed by atoms with Gasteiger partial charge in [-0.25, -0.2) is 9.97 Å². The lowest BCUT2D eigenvalue weighted by Crippen LogP contribution is -2.14. The number of benzene rings is 2. The Hall–Kier alpha value is -3.81. The fourth-order valence-electron chi connectivity index (χ4n) is 2.26. The number of nitrogens with zero attached hydrogens (tertiary/aromatic N) is 3. The zero-order valence-corrected chi connectivity index (χ0v) is 13.6. The molecule has 26 heavy (non-hydrogen) atoms. The van der Waals surface area contributed by atoms with Crippen LogP contribution in [0.25, 0.3) is 0 Å². The Bertz CT molecular complexity index is 896. The van der Waals surface area contributed by atoms with Gasteiger partial charge in [-0.1, -0.05) is 12.1 Å². The maximum absolute atomic E-state index is 12.1. The fraction of sp³-hybridized carbons (Fsp3) is 0.0556. The van der Waals surface area contributed by atoms with Gasteiger partial charge in [0, 0.05) is 35.9 Å². The van der Waals surface area contributed by atoms with E-state index in [4.69, 9.17) is 0 Å². The lowest BCUT2D eigenvalue weighted by atomic mass is 10.1. The molecule has 0 bridgehead atoms. The maximum atomic E-state index is 12.1. The molecule has 0 fully saturated rings. The number of amides is 1. The van der Waals surface area contributed by atoms with Crippen LogP contribution in [0.2, 0.25) is 0 Å². The third kappa shape index (κ3) is 4.60. The molecule has 0 unspecified atom stereocenters. The molecule has 3 aromatic rings. The van der Waals surface area contributed by atoms with E-state index >= 15 is 0 Å². The molecule has 0 aliphatic carbocycles. The lowest BCUT2D eigenvalue weighted by molar-refractivity contribution is -0.384. The second-order valence-electron chi connectivity index (χ2n) is 5.42. The van der Waals surface area contributed by atoms with Crippen molar-refractivity contribution in [2.45, 2.75) is 6.42 Å². The van der Waals surface area contributed by atoms with Crippen LogP contribution in [0.15, 0.2) is 67.0 Å². The van der Waals surface area contributed by atoms with Crippen LogP contribution < -0.4 is 10.6 Å². The van der Waals surface area contributed by atoms with E-state index in [1.165, 1.54) is 12.1 Å². The van der Waals surface area contributed by atoms with Crippen molar-refractivity contribution in [3.63, 3.8) is 0 Å². The minimum atomic E-state index is -0.472. The lowest BCUT2D eigenvalue weighted by Gasteiger charge is -2.08. The number of carbonyl (C=O) groups excluding carboxylic acids is 1. The standard InChI is InChI=1S/C18H15N5O3/c24-17(12-13-2-8-16(9-3-13)23(25)26)21-14-4-6-15(7-5-14)22-18-19-10-1-11-20-18/h1-11H,12H2,(H,21,24)(H,19,20,22). The van der Waals surface area contributed by atoms with Crippen LogP contribution in [0.3, 0.4) is 0 Å². The third-order valence-electron chi connectivity index (χ3n) is 3.50. The first-order chi connectivity index (χ1) is 12.6. The van der Waals surface area contributed by atoms with Crippen LogP contribution in [-0.2, 0) is 11.2 Å². The van der Waals surface area contributed by atoms with Crippen LogP contribution in [0.5, 0.6) is 0 Å². The number of anilines is 3. The predicted molar refractivity (Wildman–Crippen MR) is 97.2 cm³/mol. The highest BCUT2D eigenvalue weighted by atomic mass is 16.6. The largest absolute Gasteiger partial charge is 0.326 e. The molecule has 1 amide bonds. The van der Waals surface area contributed by atoms with Crippen molar-refractivity contribution in [2.24, 2.45) is 0 Å². The summed E-state index contributed by atoms with van der Waals surface area (Å²) < 4.78 is 0. The zero-order chi connectivity index (χ0) is 18.4. The molecule has 2 aromatic carbocycles. The Morgan fingerprint density at radius 3 is 2.19 bits per heavy atom. The van der Waals surface area contributed by atoms with E-state index < -0.39 is 4.92 Å². The molecule has 3 rings (SSSR count). The van der Waals surface area contributed by atoms with Gasteiger partial charge in [0.25, 0.3) is 5.69 Å². The Morgan fingerprint density at radius 2 is 1.58 bits per heavy atom. The van der Waals surface area contributed by atoms with E-state index in [0.717, 1.165) is 5.69 Å². The summed E-state index contributed by atoms with van der Waals surface area (Å²) >= 11 is 0. The highest BCUT2D eigenvalue weighted by Crippen LogP contribution is 2.17. The minimum absolute atomic E-state index is 0.000331. The molecule has 0 aliphatic rings. The van der Waals surface area contributed by atoms with E-state index in [2.05, 4.69) is 20.6 Å². The van der Waals surface area contributed by atoms with Gasteiger partial charge in [-0.05, 0) is 35.9 Å². The first kappa shape index (κ1) is 17.0. The summed E-state index contributed by atoms with van der Waals surface area (Å²) in [6.07, 6.45) is 3.42. The molecule has 2 N–H and O–H groups in total. The van der Waals surface area contributed by atoms with E-state index in [0.29, 0.717) is 17.2 Å². The number of nitro benzene ring substituents is 1. The van der Waals surface area contributed by atoms with Crippen molar-refractivity contribution >= 4 is 28.9 Å². The van der Waals surface area contributed by atoms with Crippen molar-refractivity contribution in [2.75, 3.05) is 10.6 Å². The predicted octanol–water partition coefficient (Wildman–Crippen LogP) is 3.31. The molecule has 1 heterocycles. The Balaban J connectivity index is 1.56. The fourth-order valence-corrected chi connectivity index (χ4v) is 2.26. The van der Waals surface area contributed by atoms with Gasteiger partial charge >= 0.3 is 0 Å². The van der Waals surface area contributed by atoms with Gasteiger partial charge in [0.15, 0.2) is 0 Å². The molecule has 0 saturated heterocycles. The monoisotopic (exact) mass is 349 g/mol. The summed E-state index contributed by atoms with van der Waals surface area (Å²) in [5.74, 6) is 0.286. The number of hydrogen-bond donors (Lipinski definition) is 2. The van der Waals surface area contributed by atoms with Gasteiger partial charge in [0.05, 0.1) is 11.3 Å². The molecule has 0 atom stereocenters. The molecule has 1 aromatic heterocycles. The molecule has 0 aliphatic heterocycles. The van der Waals surface area contributed by atoms with Crippen LogP contribution in [0, 0.1) is 10.1 Å². The van der Waals surface area contributed by atoms with E-state index in [-0.39, 0.29) is 18.0 Å². The zero-order valence-electron chi connectivity index (χ0n) is 13.6. The number of non-ortho nitro benzene ring substituents is 1. The van der Waals surface area contributed by atoms with Crippen LogP contribution in [-0.4, -0.2) is 20.8 Å². The smallest absolute Gasteiger partial charge is 0.269 e. The summed E-state index contributed by atoms with van der Waals surface area (Å²) in [4.78, 5) is 30.4. The summed E-state index contributed by atoms with van der Waals surface area (Å²) in [5, 5.41) is 16.5. The van der Waals surface area contributed by atoms with Gasteiger partial charge in [-0.2, -0.15) is 0 Å². The van der Waals surface area contributed by atoms with Crippen LogP contribution in [0.4, 0.5) is 23.0 Å². The van der Waals surface area contributed by atoms with Crippen molar-refractivity contribution in [1.29, 1.82) is 0 Å².